The zero-order valence-corrected chi connectivity index (χ0v) is 14.8. The molecule has 0 radical (unpaired) electrons. The van der Waals surface area contributed by atoms with Gasteiger partial charge in [-0.15, -0.1) is 0 Å². The zero-order valence-electron chi connectivity index (χ0n) is 14.8. The van der Waals surface area contributed by atoms with Gasteiger partial charge in [-0.05, 0) is 41.8 Å². The van der Waals surface area contributed by atoms with E-state index in [9.17, 15) is 4.79 Å². The molecule has 0 aliphatic carbocycles. The lowest BCUT2D eigenvalue weighted by atomic mass is 9.91. The number of methoxy groups -OCH3 is 3. The number of carbonyl (C=O) groups excluding carboxylic acids is 1. The summed E-state index contributed by atoms with van der Waals surface area (Å²) in [5.74, 6) is 1.39. The summed E-state index contributed by atoms with van der Waals surface area (Å²) in [6, 6.07) is 13.2. The lowest BCUT2D eigenvalue weighted by molar-refractivity contribution is 0.0501. The molecule has 1 aliphatic rings. The molecule has 25 heavy (non-hydrogen) atoms. The molecule has 1 heterocycles. The lowest BCUT2D eigenvalue weighted by Crippen LogP contribution is -2.42. The molecule has 5 nitrogen and oxygen atoms in total. The highest BCUT2D eigenvalue weighted by Crippen LogP contribution is 2.38. The van der Waals surface area contributed by atoms with E-state index in [0.29, 0.717) is 30.2 Å². The molecule has 2 aromatic carbocycles. The highest BCUT2D eigenvalue weighted by atomic mass is 16.5. The summed E-state index contributed by atoms with van der Waals surface area (Å²) in [4.78, 5) is 14.9. The Morgan fingerprint density at radius 1 is 1.08 bits per heavy atom. The van der Waals surface area contributed by atoms with Crippen molar-refractivity contribution in [1.29, 1.82) is 0 Å². The Kier molecular flexibility index (Phi) is 5.24. The van der Waals surface area contributed by atoms with Crippen molar-refractivity contribution < 1.29 is 19.0 Å². The normalized spacial score (nSPS) is 16.3. The minimum atomic E-state index is -0.152. The quantitative estimate of drug-likeness (QED) is 0.838. The first-order valence-corrected chi connectivity index (χ1v) is 8.29. The monoisotopic (exact) mass is 341 g/mol. The third-order valence-corrected chi connectivity index (χ3v) is 4.61. The predicted molar refractivity (Wildman–Crippen MR) is 95.3 cm³/mol. The molecule has 1 atom stereocenters. The summed E-state index contributed by atoms with van der Waals surface area (Å²) in [6.07, 6.45) is 0.772. The SMILES string of the molecule is COCC1c2cc(OC)c(OC)cc2CCN1C(=O)c1ccccc1. The number of rotatable bonds is 5. The second-order valence-electron chi connectivity index (χ2n) is 5.99. The smallest absolute Gasteiger partial charge is 0.254 e. The molecule has 0 saturated carbocycles. The molecule has 132 valence electrons. The Bertz CT molecular complexity index is 745. The average Bonchev–Trinajstić information content (AvgIpc) is 2.67. The Morgan fingerprint density at radius 3 is 2.40 bits per heavy atom. The average molecular weight is 341 g/mol. The molecule has 0 spiro atoms. The maximum absolute atomic E-state index is 13.0. The van der Waals surface area contributed by atoms with Crippen LogP contribution in [0.25, 0.3) is 0 Å². The van der Waals surface area contributed by atoms with E-state index in [4.69, 9.17) is 14.2 Å². The van der Waals surface area contributed by atoms with Crippen LogP contribution in [-0.4, -0.2) is 45.3 Å². The van der Waals surface area contributed by atoms with E-state index in [1.807, 2.05) is 47.4 Å². The molecule has 5 heteroatoms. The third-order valence-electron chi connectivity index (χ3n) is 4.61. The molecule has 2 aromatic rings. The second-order valence-corrected chi connectivity index (χ2v) is 5.99. The number of fused-ring (bicyclic) bond motifs is 1. The van der Waals surface area contributed by atoms with Crippen LogP contribution in [0.15, 0.2) is 42.5 Å². The number of amides is 1. The summed E-state index contributed by atoms with van der Waals surface area (Å²) in [7, 11) is 4.90. The second kappa shape index (κ2) is 7.57. The molecule has 1 aliphatic heterocycles. The van der Waals surface area contributed by atoms with Gasteiger partial charge in [-0.2, -0.15) is 0 Å². The van der Waals surface area contributed by atoms with Crippen molar-refractivity contribution in [2.75, 3.05) is 34.5 Å². The number of hydrogen-bond acceptors (Lipinski definition) is 4. The molecule has 3 rings (SSSR count). The molecule has 1 unspecified atom stereocenters. The molecule has 0 N–H and O–H groups in total. The molecular weight excluding hydrogens is 318 g/mol. The fraction of sp³-hybridized carbons (Fsp3) is 0.350. The number of hydrogen-bond donors (Lipinski definition) is 0. The van der Waals surface area contributed by atoms with Gasteiger partial charge in [0.1, 0.15) is 0 Å². The van der Waals surface area contributed by atoms with Crippen molar-refractivity contribution in [3.63, 3.8) is 0 Å². The van der Waals surface area contributed by atoms with Crippen molar-refractivity contribution in [1.82, 2.24) is 4.90 Å². The van der Waals surface area contributed by atoms with Crippen molar-refractivity contribution in [2.24, 2.45) is 0 Å². The van der Waals surface area contributed by atoms with Crippen LogP contribution in [-0.2, 0) is 11.2 Å². The molecule has 0 saturated heterocycles. The van der Waals surface area contributed by atoms with Gasteiger partial charge in [0, 0.05) is 19.2 Å². The molecule has 0 aromatic heterocycles. The summed E-state index contributed by atoms with van der Waals surface area (Å²) >= 11 is 0. The van der Waals surface area contributed by atoms with Crippen LogP contribution < -0.4 is 9.47 Å². The van der Waals surface area contributed by atoms with Crippen molar-refractivity contribution in [3.8, 4) is 11.5 Å². The summed E-state index contributed by atoms with van der Waals surface area (Å²) in [5.41, 5.74) is 2.90. The fourth-order valence-electron chi connectivity index (χ4n) is 3.36. The maximum Gasteiger partial charge on any atom is 0.254 e. The molecule has 0 fully saturated rings. The van der Waals surface area contributed by atoms with Crippen molar-refractivity contribution >= 4 is 5.91 Å². The van der Waals surface area contributed by atoms with Gasteiger partial charge in [0.15, 0.2) is 11.5 Å². The Hall–Kier alpha value is -2.53. The van der Waals surface area contributed by atoms with Gasteiger partial charge in [-0.1, -0.05) is 18.2 Å². The highest BCUT2D eigenvalue weighted by Gasteiger charge is 2.32. The van der Waals surface area contributed by atoms with Crippen LogP contribution in [0, 0.1) is 0 Å². The number of carbonyl (C=O) groups is 1. The first kappa shape index (κ1) is 17.3. The van der Waals surface area contributed by atoms with Crippen LogP contribution >= 0.6 is 0 Å². The topological polar surface area (TPSA) is 48.0 Å². The lowest BCUT2D eigenvalue weighted by Gasteiger charge is -2.37. The minimum absolute atomic E-state index is 0.0167. The van der Waals surface area contributed by atoms with Gasteiger partial charge in [-0.25, -0.2) is 0 Å². The van der Waals surface area contributed by atoms with Crippen LogP contribution in [0.1, 0.15) is 27.5 Å². The zero-order chi connectivity index (χ0) is 17.8. The largest absolute Gasteiger partial charge is 0.493 e. The third kappa shape index (κ3) is 3.33. The predicted octanol–water partition coefficient (Wildman–Crippen LogP) is 3.09. The van der Waals surface area contributed by atoms with E-state index < -0.39 is 0 Å². The van der Waals surface area contributed by atoms with Crippen molar-refractivity contribution in [3.05, 3.63) is 59.2 Å². The first-order chi connectivity index (χ1) is 12.2. The van der Waals surface area contributed by atoms with Crippen LogP contribution in [0.3, 0.4) is 0 Å². The van der Waals surface area contributed by atoms with E-state index in [0.717, 1.165) is 17.5 Å². The van der Waals surface area contributed by atoms with E-state index >= 15 is 0 Å². The van der Waals surface area contributed by atoms with Gasteiger partial charge >= 0.3 is 0 Å². The Balaban J connectivity index is 2.00. The molecular formula is C20H23NO4. The van der Waals surface area contributed by atoms with E-state index in [-0.39, 0.29) is 11.9 Å². The van der Waals surface area contributed by atoms with Crippen LogP contribution in [0.5, 0.6) is 11.5 Å². The Morgan fingerprint density at radius 2 is 1.76 bits per heavy atom. The summed E-state index contributed by atoms with van der Waals surface area (Å²) in [5, 5.41) is 0. The minimum Gasteiger partial charge on any atom is -0.493 e. The van der Waals surface area contributed by atoms with Gasteiger partial charge in [0.2, 0.25) is 0 Å². The molecule has 0 bridgehead atoms. The van der Waals surface area contributed by atoms with E-state index in [1.54, 1.807) is 21.3 Å². The van der Waals surface area contributed by atoms with Gasteiger partial charge < -0.3 is 19.1 Å². The summed E-state index contributed by atoms with van der Waals surface area (Å²) in [6.45, 7) is 1.07. The number of benzene rings is 2. The Labute approximate surface area is 148 Å². The van der Waals surface area contributed by atoms with Gasteiger partial charge in [0.25, 0.3) is 5.91 Å². The fourth-order valence-corrected chi connectivity index (χ4v) is 3.36. The maximum atomic E-state index is 13.0. The van der Waals surface area contributed by atoms with E-state index in [2.05, 4.69) is 0 Å². The molecule has 1 amide bonds. The van der Waals surface area contributed by atoms with Crippen LogP contribution in [0.4, 0.5) is 0 Å². The van der Waals surface area contributed by atoms with Crippen LogP contribution in [0.2, 0.25) is 0 Å². The number of ether oxygens (including phenoxy) is 3. The summed E-state index contributed by atoms with van der Waals surface area (Å²) < 4.78 is 16.3. The van der Waals surface area contributed by atoms with Gasteiger partial charge in [-0.3, -0.25) is 4.79 Å². The highest BCUT2D eigenvalue weighted by molar-refractivity contribution is 5.94. The van der Waals surface area contributed by atoms with Crippen molar-refractivity contribution in [2.45, 2.75) is 12.5 Å². The van der Waals surface area contributed by atoms with Gasteiger partial charge in [0.05, 0.1) is 26.9 Å². The van der Waals surface area contributed by atoms with E-state index in [1.165, 1.54) is 0 Å². The standard InChI is InChI=1S/C20H23NO4/c1-23-13-17-16-12-19(25-3)18(24-2)11-15(16)9-10-21(17)20(22)14-7-5-4-6-8-14/h4-8,11-12,17H,9-10,13H2,1-3H3. The number of nitrogens with zero attached hydrogens (tertiary/aromatic N) is 1. The first-order valence-electron chi connectivity index (χ1n) is 8.29.